The fourth-order valence-corrected chi connectivity index (χ4v) is 4.16. The number of carbonyl (C=O) groups excluding carboxylic acids is 1. The first kappa shape index (κ1) is 24.1. The van der Waals surface area contributed by atoms with Gasteiger partial charge in [-0.05, 0) is 75.1 Å². The second-order valence-corrected chi connectivity index (χ2v) is 8.58. The molecule has 35 heavy (non-hydrogen) atoms. The molecule has 0 aliphatic carbocycles. The minimum Gasteiger partial charge on any atom is -0.490 e. The van der Waals surface area contributed by atoms with Crippen molar-refractivity contribution in [2.45, 2.75) is 13.5 Å². The summed E-state index contributed by atoms with van der Waals surface area (Å²) >= 11 is 3.55. The number of rotatable bonds is 8. The maximum absolute atomic E-state index is 12.8. The maximum atomic E-state index is 12.8. The second kappa shape index (κ2) is 11.4. The monoisotopic (exact) mass is 526 g/mol. The van der Waals surface area contributed by atoms with Crippen LogP contribution in [0.3, 0.4) is 0 Å². The van der Waals surface area contributed by atoms with Crippen LogP contribution in [-0.4, -0.2) is 12.5 Å². The number of amides is 1. The van der Waals surface area contributed by atoms with Crippen LogP contribution in [0.25, 0.3) is 16.8 Å². The molecule has 4 aromatic carbocycles. The summed E-state index contributed by atoms with van der Waals surface area (Å²) in [6, 6.07) is 28.9. The fourth-order valence-electron chi connectivity index (χ4n) is 3.58. The minimum absolute atomic E-state index is 0.0227. The number of hydrogen-bond acceptors (Lipinski definition) is 4. The zero-order valence-corrected chi connectivity index (χ0v) is 20.7. The zero-order valence-electron chi connectivity index (χ0n) is 19.1. The van der Waals surface area contributed by atoms with Gasteiger partial charge in [-0.15, -0.1) is 0 Å². The molecule has 0 aromatic heterocycles. The number of benzene rings is 4. The highest BCUT2D eigenvalue weighted by atomic mass is 79.9. The van der Waals surface area contributed by atoms with Gasteiger partial charge in [-0.2, -0.15) is 5.26 Å². The number of hydrogen-bond donors (Lipinski definition) is 1. The van der Waals surface area contributed by atoms with Gasteiger partial charge >= 0.3 is 0 Å². The third-order valence-electron chi connectivity index (χ3n) is 5.24. The Morgan fingerprint density at radius 2 is 1.71 bits per heavy atom. The molecule has 0 aliphatic heterocycles. The van der Waals surface area contributed by atoms with Crippen molar-refractivity contribution in [1.29, 1.82) is 5.26 Å². The predicted molar refractivity (Wildman–Crippen MR) is 142 cm³/mol. The standard InChI is InChI=1S/C29H23BrN2O3/c1-2-34-27-16-21(15-26(30)28(27)35-19-20-8-4-3-5-9-20)14-24(18-31)29(33)32-25-13-12-22-10-6-7-11-23(22)17-25/h3-17H,2,19H2,1H3,(H,32,33)/b24-14+. The Balaban J connectivity index is 1.56. The number of nitriles is 1. The van der Waals surface area contributed by atoms with Crippen LogP contribution in [-0.2, 0) is 11.4 Å². The molecular weight excluding hydrogens is 504 g/mol. The Morgan fingerprint density at radius 1 is 0.971 bits per heavy atom. The molecule has 0 fully saturated rings. The Labute approximate surface area is 212 Å². The smallest absolute Gasteiger partial charge is 0.266 e. The molecule has 0 heterocycles. The van der Waals surface area contributed by atoms with Gasteiger partial charge in [0.05, 0.1) is 11.1 Å². The van der Waals surface area contributed by atoms with E-state index in [1.165, 1.54) is 6.08 Å². The van der Waals surface area contributed by atoms with Gasteiger partial charge in [0.25, 0.3) is 5.91 Å². The lowest BCUT2D eigenvalue weighted by molar-refractivity contribution is -0.112. The molecular formula is C29H23BrN2O3. The van der Waals surface area contributed by atoms with Crippen LogP contribution in [0, 0.1) is 11.3 Å². The average molecular weight is 527 g/mol. The van der Waals surface area contributed by atoms with Gasteiger partial charge < -0.3 is 14.8 Å². The van der Waals surface area contributed by atoms with Crippen LogP contribution >= 0.6 is 15.9 Å². The summed E-state index contributed by atoms with van der Waals surface area (Å²) in [5.74, 6) is 0.601. The molecule has 0 saturated carbocycles. The maximum Gasteiger partial charge on any atom is 0.266 e. The first-order chi connectivity index (χ1) is 17.1. The summed E-state index contributed by atoms with van der Waals surface area (Å²) in [5, 5.41) is 14.6. The molecule has 0 bridgehead atoms. The summed E-state index contributed by atoms with van der Waals surface area (Å²) in [7, 11) is 0. The van der Waals surface area contributed by atoms with Crippen LogP contribution in [0.4, 0.5) is 5.69 Å². The van der Waals surface area contributed by atoms with E-state index in [0.717, 1.165) is 16.3 Å². The Morgan fingerprint density at radius 3 is 2.46 bits per heavy atom. The molecule has 5 nitrogen and oxygen atoms in total. The molecule has 1 amide bonds. The first-order valence-corrected chi connectivity index (χ1v) is 11.9. The van der Waals surface area contributed by atoms with E-state index in [1.54, 1.807) is 12.1 Å². The molecule has 0 atom stereocenters. The van der Waals surface area contributed by atoms with Crippen LogP contribution in [0.5, 0.6) is 11.5 Å². The number of ether oxygens (including phenoxy) is 2. The topological polar surface area (TPSA) is 71.3 Å². The summed E-state index contributed by atoms with van der Waals surface area (Å²) in [6.45, 7) is 2.70. The van der Waals surface area contributed by atoms with Gasteiger partial charge in [-0.25, -0.2) is 0 Å². The highest BCUT2D eigenvalue weighted by Crippen LogP contribution is 2.38. The quantitative estimate of drug-likeness (QED) is 0.196. The molecule has 1 N–H and O–H groups in total. The largest absolute Gasteiger partial charge is 0.490 e. The highest BCUT2D eigenvalue weighted by molar-refractivity contribution is 9.10. The Hall–Kier alpha value is -4.08. The summed E-state index contributed by atoms with van der Waals surface area (Å²) in [5.41, 5.74) is 2.27. The molecule has 4 aromatic rings. The van der Waals surface area contributed by atoms with Gasteiger partial charge in [0, 0.05) is 5.69 Å². The van der Waals surface area contributed by atoms with Gasteiger partial charge in [0.15, 0.2) is 11.5 Å². The van der Waals surface area contributed by atoms with E-state index in [1.807, 2.05) is 85.8 Å². The molecule has 0 aliphatic rings. The third-order valence-corrected chi connectivity index (χ3v) is 5.83. The fraction of sp³-hybridized carbons (Fsp3) is 0.103. The number of anilines is 1. The van der Waals surface area contributed by atoms with Crippen molar-refractivity contribution in [1.82, 2.24) is 0 Å². The van der Waals surface area contributed by atoms with Crippen molar-refractivity contribution in [3.05, 3.63) is 106 Å². The molecule has 0 spiro atoms. The second-order valence-electron chi connectivity index (χ2n) is 7.72. The van der Waals surface area contributed by atoms with Crippen LogP contribution in [0.1, 0.15) is 18.1 Å². The van der Waals surface area contributed by atoms with Crippen molar-refractivity contribution in [3.63, 3.8) is 0 Å². The van der Waals surface area contributed by atoms with Crippen molar-refractivity contribution in [3.8, 4) is 17.6 Å². The molecule has 174 valence electrons. The Kier molecular flexibility index (Phi) is 7.81. The molecule has 6 heteroatoms. The summed E-state index contributed by atoms with van der Waals surface area (Å²) in [4.78, 5) is 12.8. The lowest BCUT2D eigenvalue weighted by Gasteiger charge is -2.15. The van der Waals surface area contributed by atoms with Crippen molar-refractivity contribution >= 4 is 44.4 Å². The number of fused-ring (bicyclic) bond motifs is 1. The van der Waals surface area contributed by atoms with E-state index in [-0.39, 0.29) is 5.57 Å². The minimum atomic E-state index is -0.485. The lowest BCUT2D eigenvalue weighted by Crippen LogP contribution is -2.13. The number of carbonyl (C=O) groups is 1. The number of nitrogens with zero attached hydrogens (tertiary/aromatic N) is 1. The SMILES string of the molecule is CCOc1cc(/C=C(\C#N)C(=O)Nc2ccc3ccccc3c2)cc(Br)c1OCc1ccccc1. The van der Waals surface area contributed by atoms with Crippen molar-refractivity contribution in [2.24, 2.45) is 0 Å². The van der Waals surface area contributed by atoms with Gasteiger partial charge in [0.2, 0.25) is 0 Å². The van der Waals surface area contributed by atoms with E-state index in [4.69, 9.17) is 9.47 Å². The first-order valence-electron chi connectivity index (χ1n) is 11.1. The molecule has 4 rings (SSSR count). The van der Waals surface area contributed by atoms with Crippen LogP contribution in [0.2, 0.25) is 0 Å². The van der Waals surface area contributed by atoms with E-state index < -0.39 is 5.91 Å². The van der Waals surface area contributed by atoms with Gasteiger partial charge in [-0.1, -0.05) is 60.7 Å². The van der Waals surface area contributed by atoms with E-state index >= 15 is 0 Å². The number of halogens is 1. The summed E-state index contributed by atoms with van der Waals surface area (Å²) < 4.78 is 12.5. The average Bonchev–Trinajstić information content (AvgIpc) is 2.87. The van der Waals surface area contributed by atoms with Gasteiger partial charge in [0.1, 0.15) is 18.2 Å². The van der Waals surface area contributed by atoms with Crippen LogP contribution < -0.4 is 14.8 Å². The Bertz CT molecular complexity index is 1430. The van der Waals surface area contributed by atoms with E-state index in [0.29, 0.717) is 40.4 Å². The van der Waals surface area contributed by atoms with E-state index in [2.05, 4.69) is 21.2 Å². The third kappa shape index (κ3) is 6.08. The van der Waals surface area contributed by atoms with Crippen molar-refractivity contribution < 1.29 is 14.3 Å². The molecule has 0 unspecified atom stereocenters. The van der Waals surface area contributed by atoms with Gasteiger partial charge in [-0.3, -0.25) is 4.79 Å². The van der Waals surface area contributed by atoms with E-state index in [9.17, 15) is 10.1 Å². The number of nitrogens with one attached hydrogen (secondary N) is 1. The highest BCUT2D eigenvalue weighted by Gasteiger charge is 2.15. The zero-order chi connectivity index (χ0) is 24.6. The predicted octanol–water partition coefficient (Wildman–Crippen LogP) is 7.13. The lowest BCUT2D eigenvalue weighted by atomic mass is 10.1. The molecule has 0 radical (unpaired) electrons. The normalized spacial score (nSPS) is 11.1. The van der Waals surface area contributed by atoms with Crippen molar-refractivity contribution in [2.75, 3.05) is 11.9 Å². The molecule has 0 saturated heterocycles. The van der Waals surface area contributed by atoms with Crippen LogP contribution in [0.15, 0.2) is 95.0 Å². The summed E-state index contributed by atoms with van der Waals surface area (Å²) in [6.07, 6.45) is 1.53.